The van der Waals surface area contributed by atoms with E-state index in [0.29, 0.717) is 5.56 Å². The summed E-state index contributed by atoms with van der Waals surface area (Å²) in [7, 11) is 1.53. The number of hydrogen-bond donors (Lipinski definition) is 3. The van der Waals surface area contributed by atoms with Crippen LogP contribution < -0.4 is 16.0 Å². The van der Waals surface area contributed by atoms with E-state index in [1.165, 1.54) is 7.05 Å². The van der Waals surface area contributed by atoms with Gasteiger partial charge in [0.05, 0.1) is 6.54 Å². The summed E-state index contributed by atoms with van der Waals surface area (Å²) in [6.45, 7) is 4.78. The maximum absolute atomic E-state index is 11.8. The van der Waals surface area contributed by atoms with Crippen LogP contribution in [-0.2, 0) is 4.79 Å². The molecular formula is C13H19N3O2. The van der Waals surface area contributed by atoms with Gasteiger partial charge >= 0.3 is 0 Å². The van der Waals surface area contributed by atoms with E-state index in [2.05, 4.69) is 16.0 Å². The molecule has 2 amide bonds. The summed E-state index contributed by atoms with van der Waals surface area (Å²) in [6.07, 6.45) is 0. The summed E-state index contributed by atoms with van der Waals surface area (Å²) >= 11 is 0. The Morgan fingerprint density at radius 2 is 2.00 bits per heavy atom. The first-order chi connectivity index (χ1) is 8.58. The summed E-state index contributed by atoms with van der Waals surface area (Å²) in [6, 6.07) is 5.41. The molecule has 0 aromatic heterocycles. The Bertz CT molecular complexity index is 444. The molecule has 0 aliphatic carbocycles. The van der Waals surface area contributed by atoms with Crippen molar-refractivity contribution in [2.24, 2.45) is 0 Å². The van der Waals surface area contributed by atoms with Crippen LogP contribution in [0.4, 0.5) is 5.69 Å². The monoisotopic (exact) mass is 249 g/mol. The number of hydrogen-bond acceptors (Lipinski definition) is 3. The number of amides is 2. The van der Waals surface area contributed by atoms with Gasteiger partial charge in [0.15, 0.2) is 0 Å². The number of nitrogens with one attached hydrogen (secondary N) is 3. The second kappa shape index (κ2) is 6.64. The zero-order chi connectivity index (χ0) is 13.5. The Kier molecular flexibility index (Phi) is 5.17. The maximum Gasteiger partial charge on any atom is 0.251 e. The normalized spacial score (nSPS) is 9.72. The van der Waals surface area contributed by atoms with Crippen LogP contribution in [0.15, 0.2) is 18.2 Å². The van der Waals surface area contributed by atoms with Crippen molar-refractivity contribution in [2.45, 2.75) is 13.8 Å². The van der Waals surface area contributed by atoms with Crippen molar-refractivity contribution in [1.29, 1.82) is 0 Å². The zero-order valence-corrected chi connectivity index (χ0v) is 11.0. The quantitative estimate of drug-likeness (QED) is 0.726. The van der Waals surface area contributed by atoms with E-state index in [1.807, 2.05) is 19.9 Å². The molecule has 1 rings (SSSR count). The molecule has 1 aromatic rings. The molecule has 0 atom stereocenters. The fourth-order valence-electron chi connectivity index (χ4n) is 1.54. The van der Waals surface area contributed by atoms with Gasteiger partial charge in [0.2, 0.25) is 5.91 Å². The lowest BCUT2D eigenvalue weighted by Crippen LogP contribution is -2.35. The minimum atomic E-state index is -0.246. The van der Waals surface area contributed by atoms with Gasteiger partial charge in [0.1, 0.15) is 0 Å². The molecule has 5 heteroatoms. The molecular weight excluding hydrogens is 230 g/mol. The summed E-state index contributed by atoms with van der Waals surface area (Å²) in [4.78, 5) is 22.8. The van der Waals surface area contributed by atoms with Crippen molar-refractivity contribution in [3.63, 3.8) is 0 Å². The Labute approximate surface area is 107 Å². The van der Waals surface area contributed by atoms with Crippen LogP contribution in [0.2, 0.25) is 0 Å². The minimum Gasteiger partial charge on any atom is -0.385 e. The highest BCUT2D eigenvalue weighted by Gasteiger charge is 2.08. The van der Waals surface area contributed by atoms with Crippen LogP contribution in [0.5, 0.6) is 0 Å². The predicted molar refractivity (Wildman–Crippen MR) is 71.7 cm³/mol. The van der Waals surface area contributed by atoms with Crippen molar-refractivity contribution in [3.8, 4) is 0 Å². The first kappa shape index (κ1) is 14.0. The number of aryl methyl sites for hydroxylation is 1. The predicted octanol–water partition coefficient (Wildman–Crippen LogP) is 0.903. The summed E-state index contributed by atoms with van der Waals surface area (Å²) in [5, 5.41) is 8.21. The SMILES string of the molecule is CCNc1ccc(C(=O)NCC(=O)NC)cc1C. The Balaban J connectivity index is 2.69. The lowest BCUT2D eigenvalue weighted by molar-refractivity contribution is -0.119. The van der Waals surface area contributed by atoms with Crippen LogP contribution in [0.1, 0.15) is 22.8 Å². The van der Waals surface area contributed by atoms with Gasteiger partial charge in [-0.3, -0.25) is 9.59 Å². The Morgan fingerprint density at radius 1 is 1.28 bits per heavy atom. The molecule has 0 spiro atoms. The Hall–Kier alpha value is -2.04. The number of carbonyl (C=O) groups excluding carboxylic acids is 2. The average molecular weight is 249 g/mol. The van der Waals surface area contributed by atoms with Gasteiger partial charge in [-0.15, -0.1) is 0 Å². The second-order valence-electron chi connectivity index (χ2n) is 3.92. The lowest BCUT2D eigenvalue weighted by atomic mass is 10.1. The van der Waals surface area contributed by atoms with Crippen LogP contribution in [0.3, 0.4) is 0 Å². The summed E-state index contributed by atoms with van der Waals surface area (Å²) in [5.41, 5.74) is 2.57. The van der Waals surface area contributed by atoms with Crippen LogP contribution in [-0.4, -0.2) is 32.0 Å². The number of benzene rings is 1. The van der Waals surface area contributed by atoms with Crippen molar-refractivity contribution in [3.05, 3.63) is 29.3 Å². The highest BCUT2D eigenvalue weighted by Crippen LogP contribution is 2.16. The van der Waals surface area contributed by atoms with Gasteiger partial charge in [-0.05, 0) is 37.6 Å². The van der Waals surface area contributed by atoms with Gasteiger partial charge in [-0.1, -0.05) is 0 Å². The Morgan fingerprint density at radius 3 is 2.56 bits per heavy atom. The van der Waals surface area contributed by atoms with E-state index < -0.39 is 0 Å². The third-order valence-corrected chi connectivity index (χ3v) is 2.54. The van der Waals surface area contributed by atoms with Gasteiger partial charge in [-0.25, -0.2) is 0 Å². The molecule has 0 aliphatic rings. The lowest BCUT2D eigenvalue weighted by Gasteiger charge is -2.09. The molecule has 0 bridgehead atoms. The largest absolute Gasteiger partial charge is 0.385 e. The highest BCUT2D eigenvalue weighted by molar-refractivity contribution is 5.97. The van der Waals surface area contributed by atoms with Gasteiger partial charge in [0.25, 0.3) is 5.91 Å². The van der Waals surface area contributed by atoms with Crippen molar-refractivity contribution < 1.29 is 9.59 Å². The molecule has 0 radical (unpaired) electrons. The first-order valence-electron chi connectivity index (χ1n) is 5.91. The molecule has 5 nitrogen and oxygen atoms in total. The highest BCUT2D eigenvalue weighted by atomic mass is 16.2. The molecule has 0 heterocycles. The molecule has 0 saturated heterocycles. The molecule has 18 heavy (non-hydrogen) atoms. The molecule has 0 saturated carbocycles. The van der Waals surface area contributed by atoms with Crippen molar-refractivity contribution >= 4 is 17.5 Å². The van der Waals surface area contributed by atoms with E-state index in [-0.39, 0.29) is 18.4 Å². The minimum absolute atomic E-state index is 0.0106. The number of likely N-dealkylation sites (N-methyl/N-ethyl adjacent to an activating group) is 1. The topological polar surface area (TPSA) is 70.2 Å². The fourth-order valence-corrected chi connectivity index (χ4v) is 1.54. The fraction of sp³-hybridized carbons (Fsp3) is 0.385. The van der Waals surface area contributed by atoms with Crippen LogP contribution in [0, 0.1) is 6.92 Å². The summed E-state index contributed by atoms with van der Waals surface area (Å²) < 4.78 is 0. The van der Waals surface area contributed by atoms with Crippen LogP contribution in [0.25, 0.3) is 0 Å². The molecule has 0 unspecified atom stereocenters. The van der Waals surface area contributed by atoms with E-state index >= 15 is 0 Å². The second-order valence-corrected chi connectivity index (χ2v) is 3.92. The van der Waals surface area contributed by atoms with E-state index in [1.54, 1.807) is 12.1 Å². The van der Waals surface area contributed by atoms with Crippen LogP contribution >= 0.6 is 0 Å². The van der Waals surface area contributed by atoms with E-state index in [9.17, 15) is 9.59 Å². The molecule has 1 aromatic carbocycles. The van der Waals surface area contributed by atoms with Crippen molar-refractivity contribution in [2.75, 3.05) is 25.5 Å². The third kappa shape index (κ3) is 3.76. The maximum atomic E-state index is 11.8. The molecule has 3 N–H and O–H groups in total. The number of anilines is 1. The first-order valence-corrected chi connectivity index (χ1v) is 5.91. The summed E-state index contributed by atoms with van der Waals surface area (Å²) in [5.74, 6) is -0.464. The average Bonchev–Trinajstić information content (AvgIpc) is 2.38. The van der Waals surface area contributed by atoms with E-state index in [4.69, 9.17) is 0 Å². The van der Waals surface area contributed by atoms with Crippen molar-refractivity contribution in [1.82, 2.24) is 10.6 Å². The standard InChI is InChI=1S/C13H19N3O2/c1-4-15-11-6-5-10(7-9(11)2)13(18)16-8-12(17)14-3/h5-7,15H,4,8H2,1-3H3,(H,14,17)(H,16,18). The smallest absolute Gasteiger partial charge is 0.251 e. The molecule has 98 valence electrons. The molecule has 0 aliphatic heterocycles. The third-order valence-electron chi connectivity index (χ3n) is 2.54. The van der Waals surface area contributed by atoms with Gasteiger partial charge in [-0.2, -0.15) is 0 Å². The van der Waals surface area contributed by atoms with Gasteiger partial charge < -0.3 is 16.0 Å². The number of rotatable bonds is 5. The zero-order valence-electron chi connectivity index (χ0n) is 11.0. The number of carbonyl (C=O) groups is 2. The molecule has 0 fully saturated rings. The van der Waals surface area contributed by atoms with Gasteiger partial charge in [0, 0.05) is 24.8 Å². The van der Waals surface area contributed by atoms with E-state index in [0.717, 1.165) is 17.8 Å².